The number of nitrogens with one attached hydrogen (secondary N) is 1. The first-order valence-corrected chi connectivity index (χ1v) is 5.21. The summed E-state index contributed by atoms with van der Waals surface area (Å²) >= 11 is 0. The molecule has 0 aliphatic carbocycles. The molecule has 0 amide bonds. The lowest BCUT2D eigenvalue weighted by Crippen LogP contribution is -2.29. The molecule has 1 rings (SSSR count). The van der Waals surface area contributed by atoms with Crippen LogP contribution in [-0.2, 0) is 7.05 Å². The Kier molecular flexibility index (Phi) is 4.46. The van der Waals surface area contributed by atoms with Crippen LogP contribution in [0.3, 0.4) is 0 Å². The SMILES string of the molecule is CCN(CC)CCNc1nccn1C. The second kappa shape index (κ2) is 5.65. The summed E-state index contributed by atoms with van der Waals surface area (Å²) in [6.45, 7) is 8.61. The average Bonchev–Trinajstić information content (AvgIpc) is 2.59. The molecule has 0 unspecified atom stereocenters. The van der Waals surface area contributed by atoms with Crippen molar-refractivity contribution in [2.24, 2.45) is 7.05 Å². The van der Waals surface area contributed by atoms with Crippen LogP contribution in [0.25, 0.3) is 0 Å². The predicted molar refractivity (Wildman–Crippen MR) is 59.5 cm³/mol. The number of imidazole rings is 1. The van der Waals surface area contributed by atoms with E-state index in [2.05, 4.69) is 29.0 Å². The molecule has 0 radical (unpaired) electrons. The van der Waals surface area contributed by atoms with Crippen LogP contribution in [0.15, 0.2) is 12.4 Å². The largest absolute Gasteiger partial charge is 0.354 e. The minimum absolute atomic E-state index is 0.942. The predicted octanol–water partition coefficient (Wildman–Crippen LogP) is 1.17. The summed E-state index contributed by atoms with van der Waals surface area (Å²) < 4.78 is 1.99. The Morgan fingerprint density at radius 3 is 2.64 bits per heavy atom. The van der Waals surface area contributed by atoms with Gasteiger partial charge in [0.25, 0.3) is 0 Å². The lowest BCUT2D eigenvalue weighted by molar-refractivity contribution is 0.315. The molecule has 0 saturated heterocycles. The van der Waals surface area contributed by atoms with E-state index in [1.165, 1.54) is 0 Å². The van der Waals surface area contributed by atoms with Crippen molar-refractivity contribution in [3.63, 3.8) is 0 Å². The average molecular weight is 196 g/mol. The molecule has 14 heavy (non-hydrogen) atoms. The van der Waals surface area contributed by atoms with Crippen LogP contribution in [0.5, 0.6) is 0 Å². The van der Waals surface area contributed by atoms with Crippen LogP contribution in [0.4, 0.5) is 5.95 Å². The Morgan fingerprint density at radius 2 is 2.14 bits per heavy atom. The van der Waals surface area contributed by atoms with Crippen molar-refractivity contribution in [1.82, 2.24) is 14.5 Å². The first-order chi connectivity index (χ1) is 6.77. The number of nitrogens with zero attached hydrogens (tertiary/aromatic N) is 3. The second-order valence-corrected chi connectivity index (χ2v) is 3.32. The van der Waals surface area contributed by atoms with E-state index in [0.717, 1.165) is 32.1 Å². The lowest BCUT2D eigenvalue weighted by Gasteiger charge is -2.18. The van der Waals surface area contributed by atoms with Gasteiger partial charge in [-0.3, -0.25) is 0 Å². The van der Waals surface area contributed by atoms with E-state index >= 15 is 0 Å². The molecule has 1 aromatic heterocycles. The van der Waals surface area contributed by atoms with Crippen molar-refractivity contribution in [1.29, 1.82) is 0 Å². The molecule has 0 atom stereocenters. The molecule has 80 valence electrons. The maximum atomic E-state index is 4.20. The van der Waals surface area contributed by atoms with Gasteiger partial charge in [-0.2, -0.15) is 0 Å². The van der Waals surface area contributed by atoms with Crippen LogP contribution in [0, 0.1) is 0 Å². The molecule has 4 nitrogen and oxygen atoms in total. The van der Waals surface area contributed by atoms with Gasteiger partial charge in [-0.15, -0.1) is 0 Å². The summed E-state index contributed by atoms with van der Waals surface area (Å²) in [6, 6.07) is 0. The van der Waals surface area contributed by atoms with Gasteiger partial charge in [-0.05, 0) is 13.1 Å². The highest BCUT2D eigenvalue weighted by Gasteiger charge is 2.00. The van der Waals surface area contributed by atoms with Crippen molar-refractivity contribution < 1.29 is 0 Å². The topological polar surface area (TPSA) is 33.1 Å². The first-order valence-electron chi connectivity index (χ1n) is 5.21. The zero-order valence-electron chi connectivity index (χ0n) is 9.32. The maximum absolute atomic E-state index is 4.20. The minimum Gasteiger partial charge on any atom is -0.354 e. The molecule has 0 bridgehead atoms. The number of aryl methyl sites for hydroxylation is 1. The van der Waals surface area contributed by atoms with Gasteiger partial charge >= 0.3 is 0 Å². The van der Waals surface area contributed by atoms with Gasteiger partial charge in [0.1, 0.15) is 0 Å². The summed E-state index contributed by atoms with van der Waals surface area (Å²) in [7, 11) is 1.99. The summed E-state index contributed by atoms with van der Waals surface area (Å²) in [5.41, 5.74) is 0. The smallest absolute Gasteiger partial charge is 0.202 e. The zero-order chi connectivity index (χ0) is 10.4. The van der Waals surface area contributed by atoms with Gasteiger partial charge in [0.05, 0.1) is 0 Å². The fraction of sp³-hybridized carbons (Fsp3) is 0.700. The Bertz CT molecular complexity index is 252. The number of aromatic nitrogens is 2. The number of rotatable bonds is 6. The number of likely N-dealkylation sites (N-methyl/N-ethyl adjacent to an activating group) is 1. The summed E-state index contributed by atoms with van der Waals surface area (Å²) in [5.74, 6) is 0.942. The molecule has 0 fully saturated rings. The Balaban J connectivity index is 2.24. The van der Waals surface area contributed by atoms with E-state index in [1.54, 1.807) is 6.20 Å². The molecule has 1 heterocycles. The highest BCUT2D eigenvalue weighted by atomic mass is 15.2. The molecular weight excluding hydrogens is 176 g/mol. The van der Waals surface area contributed by atoms with E-state index in [9.17, 15) is 0 Å². The van der Waals surface area contributed by atoms with Gasteiger partial charge in [0.15, 0.2) is 0 Å². The third kappa shape index (κ3) is 3.03. The molecular formula is C10H20N4. The molecule has 0 saturated carbocycles. The normalized spacial score (nSPS) is 10.9. The van der Waals surface area contributed by atoms with Crippen molar-refractivity contribution in [2.45, 2.75) is 13.8 Å². The van der Waals surface area contributed by atoms with Gasteiger partial charge in [0.2, 0.25) is 5.95 Å². The maximum Gasteiger partial charge on any atom is 0.202 e. The van der Waals surface area contributed by atoms with E-state index in [1.807, 2.05) is 17.8 Å². The van der Waals surface area contributed by atoms with E-state index in [0.29, 0.717) is 0 Å². The van der Waals surface area contributed by atoms with Crippen molar-refractivity contribution in [3.8, 4) is 0 Å². The Labute approximate surface area is 85.9 Å². The molecule has 0 aliphatic rings. The van der Waals surface area contributed by atoms with Crippen LogP contribution in [-0.4, -0.2) is 40.6 Å². The zero-order valence-corrected chi connectivity index (χ0v) is 9.32. The molecule has 1 aromatic rings. The van der Waals surface area contributed by atoms with Gasteiger partial charge in [-0.1, -0.05) is 13.8 Å². The highest BCUT2D eigenvalue weighted by Crippen LogP contribution is 1.99. The van der Waals surface area contributed by atoms with Gasteiger partial charge < -0.3 is 14.8 Å². The Morgan fingerprint density at radius 1 is 1.43 bits per heavy atom. The Hall–Kier alpha value is -1.03. The van der Waals surface area contributed by atoms with Crippen LogP contribution in [0.1, 0.15) is 13.8 Å². The number of anilines is 1. The lowest BCUT2D eigenvalue weighted by atomic mass is 10.4. The van der Waals surface area contributed by atoms with Crippen molar-refractivity contribution in [3.05, 3.63) is 12.4 Å². The molecule has 0 spiro atoms. The van der Waals surface area contributed by atoms with Crippen molar-refractivity contribution >= 4 is 5.95 Å². The summed E-state index contributed by atoms with van der Waals surface area (Å²) in [6.07, 6.45) is 3.75. The molecule has 0 aromatic carbocycles. The van der Waals surface area contributed by atoms with E-state index < -0.39 is 0 Å². The van der Waals surface area contributed by atoms with Crippen LogP contribution >= 0.6 is 0 Å². The van der Waals surface area contributed by atoms with E-state index in [4.69, 9.17) is 0 Å². The minimum atomic E-state index is 0.942. The van der Waals surface area contributed by atoms with E-state index in [-0.39, 0.29) is 0 Å². The second-order valence-electron chi connectivity index (χ2n) is 3.32. The fourth-order valence-electron chi connectivity index (χ4n) is 1.40. The summed E-state index contributed by atoms with van der Waals surface area (Å²) in [4.78, 5) is 6.58. The third-order valence-electron chi connectivity index (χ3n) is 2.43. The van der Waals surface area contributed by atoms with Crippen LogP contribution in [0.2, 0.25) is 0 Å². The monoisotopic (exact) mass is 196 g/mol. The van der Waals surface area contributed by atoms with Gasteiger partial charge in [0, 0.05) is 32.5 Å². The van der Waals surface area contributed by atoms with Gasteiger partial charge in [-0.25, -0.2) is 4.98 Å². The quantitative estimate of drug-likeness (QED) is 0.741. The number of hydrogen-bond acceptors (Lipinski definition) is 3. The molecule has 0 aliphatic heterocycles. The number of hydrogen-bond donors (Lipinski definition) is 1. The van der Waals surface area contributed by atoms with Crippen LogP contribution < -0.4 is 5.32 Å². The summed E-state index contributed by atoms with van der Waals surface area (Å²) in [5, 5.41) is 3.30. The third-order valence-corrected chi connectivity index (χ3v) is 2.43. The highest BCUT2D eigenvalue weighted by molar-refractivity contribution is 5.24. The molecule has 4 heteroatoms. The van der Waals surface area contributed by atoms with Crippen molar-refractivity contribution in [2.75, 3.05) is 31.5 Å². The fourth-order valence-corrected chi connectivity index (χ4v) is 1.40. The molecule has 1 N–H and O–H groups in total. The standard InChI is InChI=1S/C10H20N4/c1-4-14(5-2)9-7-12-10-11-6-8-13(10)3/h6,8H,4-5,7,9H2,1-3H3,(H,11,12). The first kappa shape index (κ1) is 11.0.